The van der Waals surface area contributed by atoms with Crippen LogP contribution in [-0.2, 0) is 4.79 Å². The molecule has 0 fully saturated rings. The molecule has 3 rings (SSSR count). The smallest absolute Gasteiger partial charge is 0.234 e. The molecule has 1 N–H and O–H groups in total. The zero-order valence-corrected chi connectivity index (χ0v) is 15.9. The first-order valence-corrected chi connectivity index (χ1v) is 8.88. The monoisotopic (exact) mass is 377 g/mol. The number of carbonyl (C=O) groups excluding carboxylic acids is 1. The van der Waals surface area contributed by atoms with Crippen LogP contribution in [0.5, 0.6) is 5.75 Å². The maximum Gasteiger partial charge on any atom is 0.234 e. The van der Waals surface area contributed by atoms with Crippen molar-refractivity contribution in [2.24, 2.45) is 10.9 Å². The van der Waals surface area contributed by atoms with E-state index in [9.17, 15) is 10.1 Å². The minimum atomic E-state index is -0.607. The van der Waals surface area contributed by atoms with Crippen molar-refractivity contribution < 1.29 is 9.53 Å². The van der Waals surface area contributed by atoms with Gasteiger partial charge < -0.3 is 10.1 Å². The van der Waals surface area contributed by atoms with Gasteiger partial charge in [0.05, 0.1) is 24.7 Å². The fourth-order valence-corrected chi connectivity index (χ4v) is 3.56. The molecule has 2 aromatic rings. The molecule has 1 amide bonds. The number of rotatable bonds is 4. The highest BCUT2D eigenvalue weighted by molar-refractivity contribution is 7.84. The van der Waals surface area contributed by atoms with Crippen LogP contribution in [0.4, 0.5) is 5.69 Å². The first-order chi connectivity index (χ1) is 13.0. The number of hydrogen-bond acceptors (Lipinski definition) is 5. The lowest BCUT2D eigenvalue weighted by Gasteiger charge is -2.30. The van der Waals surface area contributed by atoms with Gasteiger partial charge in [-0.2, -0.15) is 5.26 Å². The first kappa shape index (κ1) is 18.7. The number of hydrogen-bond donors (Lipinski definition) is 2. The lowest BCUT2D eigenvalue weighted by Crippen LogP contribution is -2.36. The fourth-order valence-electron chi connectivity index (χ4n) is 3.22. The number of methoxy groups -OCH3 is 1. The summed E-state index contributed by atoms with van der Waals surface area (Å²) in [6, 6.07) is 18.8. The number of aliphatic imine (C=N–C) groups is 1. The molecule has 5 nitrogen and oxygen atoms in total. The number of amides is 1. The predicted octanol–water partition coefficient (Wildman–Crippen LogP) is 4.17. The van der Waals surface area contributed by atoms with Crippen LogP contribution in [0.3, 0.4) is 0 Å². The first-order valence-electron chi connectivity index (χ1n) is 8.43. The minimum Gasteiger partial charge on any atom is -0.497 e. The van der Waals surface area contributed by atoms with E-state index >= 15 is 0 Å². The number of thiol groups is 1. The highest BCUT2D eigenvalue weighted by Crippen LogP contribution is 2.40. The molecule has 1 aliphatic rings. The van der Waals surface area contributed by atoms with Crippen LogP contribution in [0.2, 0.25) is 0 Å². The van der Waals surface area contributed by atoms with Crippen molar-refractivity contribution in [1.82, 2.24) is 0 Å². The van der Waals surface area contributed by atoms with E-state index in [1.54, 1.807) is 14.0 Å². The van der Waals surface area contributed by atoms with Crippen LogP contribution in [0.1, 0.15) is 18.4 Å². The van der Waals surface area contributed by atoms with Crippen LogP contribution in [-0.4, -0.2) is 18.7 Å². The number of nitriles is 1. The number of anilines is 1. The minimum absolute atomic E-state index is 0.211. The summed E-state index contributed by atoms with van der Waals surface area (Å²) < 4.78 is 5.21. The van der Waals surface area contributed by atoms with E-state index in [0.717, 1.165) is 5.56 Å². The maximum atomic E-state index is 13.1. The number of nitrogens with one attached hydrogen (secondary N) is 1. The summed E-state index contributed by atoms with van der Waals surface area (Å²) in [7, 11) is 1.59. The normalized spacial score (nSPS) is 19.1. The molecular weight excluding hydrogens is 358 g/mol. The van der Waals surface area contributed by atoms with Gasteiger partial charge in [-0.05, 0) is 36.8 Å². The standard InChI is InChI=1S/C21H19N3O2S/c1-13-18(20(25)24-15-6-4-3-5-7-15)19(17(12-22)21(27)23-13)14-8-10-16(26-2)11-9-14/h3-11,18-19,27H,1-2H3,(H,24,25). The van der Waals surface area contributed by atoms with Gasteiger partial charge in [0.2, 0.25) is 5.91 Å². The summed E-state index contributed by atoms with van der Waals surface area (Å²) in [5, 5.41) is 13.0. The lowest BCUT2D eigenvalue weighted by atomic mass is 9.76. The molecule has 6 heteroatoms. The molecule has 0 saturated carbocycles. The van der Waals surface area contributed by atoms with Gasteiger partial charge >= 0.3 is 0 Å². The zero-order valence-electron chi connectivity index (χ0n) is 15.0. The number of allylic oxidation sites excluding steroid dienone is 1. The Labute approximate surface area is 163 Å². The van der Waals surface area contributed by atoms with Crippen LogP contribution < -0.4 is 10.1 Å². The van der Waals surface area contributed by atoms with Gasteiger partial charge in [0.25, 0.3) is 0 Å². The van der Waals surface area contributed by atoms with Gasteiger partial charge in [-0.1, -0.05) is 30.3 Å². The Kier molecular flexibility index (Phi) is 5.63. The SMILES string of the molecule is COc1ccc(C2C(C#N)=C(S)N=C(C)C2C(=O)Nc2ccccc2)cc1. The van der Waals surface area contributed by atoms with E-state index in [-0.39, 0.29) is 5.91 Å². The summed E-state index contributed by atoms with van der Waals surface area (Å²) in [5.74, 6) is -0.575. The highest BCUT2D eigenvalue weighted by Gasteiger charge is 2.38. The van der Waals surface area contributed by atoms with Crippen LogP contribution in [0, 0.1) is 17.2 Å². The molecule has 1 aliphatic heterocycles. The fraction of sp³-hybridized carbons (Fsp3) is 0.190. The third-order valence-corrected chi connectivity index (χ3v) is 4.88. The third kappa shape index (κ3) is 3.88. The Morgan fingerprint density at radius 3 is 2.44 bits per heavy atom. The molecule has 0 radical (unpaired) electrons. The lowest BCUT2D eigenvalue weighted by molar-refractivity contribution is -0.118. The van der Waals surface area contributed by atoms with E-state index in [0.29, 0.717) is 27.8 Å². The predicted molar refractivity (Wildman–Crippen MR) is 109 cm³/mol. The van der Waals surface area contributed by atoms with Crippen molar-refractivity contribution in [3.8, 4) is 11.8 Å². The molecule has 0 spiro atoms. The average Bonchev–Trinajstić information content (AvgIpc) is 2.68. The zero-order chi connectivity index (χ0) is 19.4. The van der Waals surface area contributed by atoms with E-state index in [4.69, 9.17) is 4.74 Å². The molecule has 2 aromatic carbocycles. The van der Waals surface area contributed by atoms with E-state index < -0.39 is 11.8 Å². The number of nitrogens with zero attached hydrogens (tertiary/aromatic N) is 2. The summed E-state index contributed by atoms with van der Waals surface area (Å²) in [5.41, 5.74) is 2.53. The van der Waals surface area contributed by atoms with Crippen LogP contribution >= 0.6 is 12.6 Å². The quantitative estimate of drug-likeness (QED) is 0.785. The number of carbonyl (C=O) groups is 1. The highest BCUT2D eigenvalue weighted by atomic mass is 32.1. The molecule has 0 saturated heterocycles. The molecule has 1 heterocycles. The van der Waals surface area contributed by atoms with Crippen molar-refractivity contribution in [3.63, 3.8) is 0 Å². The largest absolute Gasteiger partial charge is 0.497 e. The summed E-state index contributed by atoms with van der Waals surface area (Å²) in [6.45, 7) is 1.79. The summed E-state index contributed by atoms with van der Waals surface area (Å²) >= 11 is 4.37. The maximum absolute atomic E-state index is 13.1. The molecular formula is C21H19N3O2S. The van der Waals surface area contributed by atoms with Crippen molar-refractivity contribution in [3.05, 3.63) is 70.8 Å². The molecule has 2 unspecified atom stereocenters. The van der Waals surface area contributed by atoms with Gasteiger partial charge in [-0.25, -0.2) is 4.99 Å². The second-order valence-electron chi connectivity index (χ2n) is 6.19. The van der Waals surface area contributed by atoms with Crippen molar-refractivity contribution in [2.75, 3.05) is 12.4 Å². The molecule has 0 aliphatic carbocycles. The molecule has 0 bridgehead atoms. The Balaban J connectivity index is 2.02. The van der Waals surface area contributed by atoms with Gasteiger partial charge in [-0.15, -0.1) is 12.6 Å². The van der Waals surface area contributed by atoms with Gasteiger partial charge in [0, 0.05) is 17.3 Å². The third-order valence-electron chi connectivity index (χ3n) is 4.54. The molecule has 136 valence electrons. The average molecular weight is 377 g/mol. The molecule has 2 atom stereocenters. The van der Waals surface area contributed by atoms with E-state index in [1.165, 1.54) is 0 Å². The van der Waals surface area contributed by atoms with Crippen LogP contribution in [0.15, 0.2) is 70.2 Å². The summed E-state index contributed by atoms with van der Waals surface area (Å²) in [4.78, 5) is 17.4. The van der Waals surface area contributed by atoms with Crippen molar-refractivity contribution in [2.45, 2.75) is 12.8 Å². The van der Waals surface area contributed by atoms with Crippen LogP contribution in [0.25, 0.3) is 0 Å². The number of ether oxygens (including phenoxy) is 1. The Morgan fingerprint density at radius 2 is 1.85 bits per heavy atom. The van der Waals surface area contributed by atoms with Crippen molar-refractivity contribution in [1.29, 1.82) is 5.26 Å². The molecule has 0 aromatic heterocycles. The van der Waals surface area contributed by atoms with E-state index in [1.807, 2.05) is 54.6 Å². The Bertz CT molecular complexity index is 944. The second-order valence-corrected chi connectivity index (χ2v) is 6.61. The number of benzene rings is 2. The van der Waals surface area contributed by atoms with Gasteiger partial charge in [-0.3, -0.25) is 4.79 Å². The Morgan fingerprint density at radius 1 is 1.19 bits per heavy atom. The summed E-state index contributed by atoms with van der Waals surface area (Å²) in [6.07, 6.45) is 0. The van der Waals surface area contributed by atoms with Gasteiger partial charge in [0.1, 0.15) is 10.8 Å². The number of para-hydroxylation sites is 1. The second kappa shape index (κ2) is 8.11. The topological polar surface area (TPSA) is 74.5 Å². The van der Waals surface area contributed by atoms with Crippen molar-refractivity contribution >= 4 is 29.9 Å². The molecule has 27 heavy (non-hydrogen) atoms. The van der Waals surface area contributed by atoms with Gasteiger partial charge in [0.15, 0.2) is 0 Å². The Hall–Kier alpha value is -3.04. The van der Waals surface area contributed by atoms with E-state index in [2.05, 4.69) is 29.0 Å².